The van der Waals surface area contributed by atoms with Crippen LogP contribution in [-0.4, -0.2) is 23.3 Å². The second-order valence-electron chi connectivity index (χ2n) is 5.11. The SMILES string of the molecule is Cc1cc(Br)ccc1NC(=O)CNC(=O)c1ccc(Cl)c([N+](=O)[O-])c1. The van der Waals surface area contributed by atoms with Gasteiger partial charge in [-0.05, 0) is 42.8 Å². The number of nitrogens with zero attached hydrogens (tertiary/aromatic N) is 1. The van der Waals surface area contributed by atoms with Crippen molar-refractivity contribution in [2.75, 3.05) is 11.9 Å². The standard InChI is InChI=1S/C16H13BrClN3O4/c1-9-6-11(17)3-5-13(9)20-15(22)8-19-16(23)10-2-4-12(18)14(7-10)21(24)25/h2-7H,8H2,1H3,(H,19,23)(H,20,22). The Kier molecular flexibility index (Phi) is 6.11. The number of carbonyl (C=O) groups excluding carboxylic acids is 2. The van der Waals surface area contributed by atoms with Gasteiger partial charge in [0.15, 0.2) is 0 Å². The molecule has 0 fully saturated rings. The summed E-state index contributed by atoms with van der Waals surface area (Å²) in [4.78, 5) is 34.1. The van der Waals surface area contributed by atoms with Gasteiger partial charge in [-0.15, -0.1) is 0 Å². The predicted molar refractivity (Wildman–Crippen MR) is 97.9 cm³/mol. The number of nitrogens with one attached hydrogen (secondary N) is 2. The van der Waals surface area contributed by atoms with Crippen LogP contribution in [-0.2, 0) is 4.79 Å². The highest BCUT2D eigenvalue weighted by Crippen LogP contribution is 2.25. The largest absolute Gasteiger partial charge is 0.343 e. The van der Waals surface area contributed by atoms with Crippen molar-refractivity contribution in [2.24, 2.45) is 0 Å². The Labute approximate surface area is 156 Å². The van der Waals surface area contributed by atoms with Gasteiger partial charge in [0.2, 0.25) is 5.91 Å². The molecule has 2 rings (SSSR count). The zero-order valence-corrected chi connectivity index (χ0v) is 15.3. The van der Waals surface area contributed by atoms with Crippen molar-refractivity contribution in [2.45, 2.75) is 6.92 Å². The molecule has 2 amide bonds. The first kappa shape index (κ1) is 18.9. The van der Waals surface area contributed by atoms with Crippen LogP contribution in [0.3, 0.4) is 0 Å². The Balaban J connectivity index is 1.98. The summed E-state index contributed by atoms with van der Waals surface area (Å²) in [6.07, 6.45) is 0. The smallest absolute Gasteiger partial charge is 0.288 e. The summed E-state index contributed by atoms with van der Waals surface area (Å²) >= 11 is 9.03. The van der Waals surface area contributed by atoms with E-state index < -0.39 is 16.7 Å². The van der Waals surface area contributed by atoms with E-state index in [-0.39, 0.29) is 22.8 Å². The highest BCUT2D eigenvalue weighted by atomic mass is 79.9. The van der Waals surface area contributed by atoms with Gasteiger partial charge >= 0.3 is 0 Å². The number of hydrogen-bond donors (Lipinski definition) is 2. The molecule has 0 aliphatic rings. The number of aryl methyl sites for hydroxylation is 1. The number of nitro benzene ring substituents is 1. The van der Waals surface area contributed by atoms with Crippen LogP contribution in [0.5, 0.6) is 0 Å². The van der Waals surface area contributed by atoms with Crippen molar-refractivity contribution in [1.82, 2.24) is 5.32 Å². The first-order chi connectivity index (χ1) is 11.8. The number of benzene rings is 2. The first-order valence-corrected chi connectivity index (χ1v) is 8.23. The third-order valence-corrected chi connectivity index (χ3v) is 4.09. The Morgan fingerprint density at radius 2 is 1.96 bits per heavy atom. The topological polar surface area (TPSA) is 101 Å². The summed E-state index contributed by atoms with van der Waals surface area (Å²) in [7, 11) is 0. The number of halogens is 2. The van der Waals surface area contributed by atoms with Crippen LogP contribution in [0.1, 0.15) is 15.9 Å². The lowest BCUT2D eigenvalue weighted by Gasteiger charge is -2.10. The van der Waals surface area contributed by atoms with Crippen LogP contribution in [0.4, 0.5) is 11.4 Å². The van der Waals surface area contributed by atoms with Gasteiger partial charge in [-0.3, -0.25) is 19.7 Å². The van der Waals surface area contributed by atoms with Gasteiger partial charge in [-0.25, -0.2) is 0 Å². The molecule has 0 aliphatic heterocycles. The van der Waals surface area contributed by atoms with Crippen LogP contribution in [0.2, 0.25) is 5.02 Å². The second-order valence-corrected chi connectivity index (χ2v) is 6.44. The van der Waals surface area contributed by atoms with E-state index in [2.05, 4.69) is 26.6 Å². The quantitative estimate of drug-likeness (QED) is 0.562. The molecule has 0 atom stereocenters. The molecule has 2 aromatic rings. The Bertz CT molecular complexity index is 857. The maximum Gasteiger partial charge on any atom is 0.288 e. The normalized spacial score (nSPS) is 10.2. The number of hydrogen-bond acceptors (Lipinski definition) is 4. The van der Waals surface area contributed by atoms with E-state index in [0.717, 1.165) is 16.1 Å². The monoisotopic (exact) mass is 425 g/mol. The lowest BCUT2D eigenvalue weighted by Crippen LogP contribution is -2.33. The van der Waals surface area contributed by atoms with E-state index in [1.54, 1.807) is 12.1 Å². The Hall–Kier alpha value is -2.45. The highest BCUT2D eigenvalue weighted by molar-refractivity contribution is 9.10. The fourth-order valence-electron chi connectivity index (χ4n) is 2.02. The summed E-state index contributed by atoms with van der Waals surface area (Å²) < 4.78 is 0.889. The average molecular weight is 427 g/mol. The molecule has 130 valence electrons. The molecule has 2 N–H and O–H groups in total. The summed E-state index contributed by atoms with van der Waals surface area (Å²) in [5.41, 5.74) is 1.17. The minimum absolute atomic E-state index is 0.0451. The molecule has 7 nitrogen and oxygen atoms in total. The van der Waals surface area contributed by atoms with Crippen LogP contribution >= 0.6 is 27.5 Å². The van der Waals surface area contributed by atoms with Crippen LogP contribution in [0, 0.1) is 17.0 Å². The Morgan fingerprint density at radius 1 is 1.24 bits per heavy atom. The van der Waals surface area contributed by atoms with Crippen LogP contribution < -0.4 is 10.6 Å². The van der Waals surface area contributed by atoms with Crippen molar-refractivity contribution in [1.29, 1.82) is 0 Å². The minimum Gasteiger partial charge on any atom is -0.343 e. The summed E-state index contributed by atoms with van der Waals surface area (Å²) in [5.74, 6) is -1.02. The molecule has 0 unspecified atom stereocenters. The molecule has 25 heavy (non-hydrogen) atoms. The van der Waals surface area contributed by atoms with Gasteiger partial charge in [-0.1, -0.05) is 27.5 Å². The van der Waals surface area contributed by atoms with E-state index in [9.17, 15) is 19.7 Å². The molecule has 0 saturated heterocycles. The second kappa shape index (κ2) is 8.09. The van der Waals surface area contributed by atoms with Crippen molar-refractivity contribution in [3.8, 4) is 0 Å². The van der Waals surface area contributed by atoms with Crippen molar-refractivity contribution in [3.05, 3.63) is 67.1 Å². The predicted octanol–water partition coefficient (Wildman–Crippen LogP) is 3.69. The molecule has 0 aromatic heterocycles. The van der Waals surface area contributed by atoms with E-state index >= 15 is 0 Å². The zero-order valence-electron chi connectivity index (χ0n) is 13.0. The number of rotatable bonds is 5. The number of carbonyl (C=O) groups is 2. The van der Waals surface area contributed by atoms with Gasteiger partial charge < -0.3 is 10.6 Å². The number of amides is 2. The fraction of sp³-hybridized carbons (Fsp3) is 0.125. The number of anilines is 1. The Morgan fingerprint density at radius 3 is 2.60 bits per heavy atom. The maximum atomic E-state index is 12.0. The van der Waals surface area contributed by atoms with E-state index in [4.69, 9.17) is 11.6 Å². The van der Waals surface area contributed by atoms with E-state index in [0.29, 0.717) is 5.69 Å². The van der Waals surface area contributed by atoms with Crippen molar-refractivity contribution < 1.29 is 14.5 Å². The molecule has 9 heteroatoms. The molecule has 2 aromatic carbocycles. The molecular weight excluding hydrogens is 414 g/mol. The molecule has 0 saturated carbocycles. The molecule has 0 spiro atoms. The van der Waals surface area contributed by atoms with Gasteiger partial charge in [0.25, 0.3) is 11.6 Å². The summed E-state index contributed by atoms with van der Waals surface area (Å²) in [6.45, 7) is 1.57. The average Bonchev–Trinajstić information content (AvgIpc) is 2.55. The lowest BCUT2D eigenvalue weighted by atomic mass is 10.2. The zero-order chi connectivity index (χ0) is 18.6. The van der Waals surface area contributed by atoms with E-state index in [1.165, 1.54) is 12.1 Å². The summed E-state index contributed by atoms with van der Waals surface area (Å²) in [6, 6.07) is 9.05. The van der Waals surface area contributed by atoms with Gasteiger partial charge in [-0.2, -0.15) is 0 Å². The first-order valence-electron chi connectivity index (χ1n) is 7.06. The minimum atomic E-state index is -0.678. The van der Waals surface area contributed by atoms with Gasteiger partial charge in [0, 0.05) is 21.8 Å². The molecule has 0 heterocycles. The van der Waals surface area contributed by atoms with E-state index in [1.807, 2.05) is 13.0 Å². The summed E-state index contributed by atoms with van der Waals surface area (Å²) in [5, 5.41) is 15.9. The molecule has 0 radical (unpaired) electrons. The van der Waals surface area contributed by atoms with Crippen molar-refractivity contribution in [3.63, 3.8) is 0 Å². The fourth-order valence-corrected chi connectivity index (χ4v) is 2.68. The van der Waals surface area contributed by atoms with Gasteiger partial charge in [0.05, 0.1) is 11.5 Å². The number of nitro groups is 1. The van der Waals surface area contributed by atoms with Gasteiger partial charge in [0.1, 0.15) is 5.02 Å². The van der Waals surface area contributed by atoms with Crippen molar-refractivity contribution >= 4 is 50.7 Å². The molecule has 0 aliphatic carbocycles. The third kappa shape index (κ3) is 5.01. The van der Waals surface area contributed by atoms with Crippen LogP contribution in [0.25, 0.3) is 0 Å². The lowest BCUT2D eigenvalue weighted by molar-refractivity contribution is -0.384. The maximum absolute atomic E-state index is 12.0. The molecule has 0 bridgehead atoms. The van der Waals surface area contributed by atoms with Crippen LogP contribution in [0.15, 0.2) is 40.9 Å². The third-order valence-electron chi connectivity index (χ3n) is 3.28. The molecular formula is C16H13BrClN3O4. The highest BCUT2D eigenvalue weighted by Gasteiger charge is 2.16.